The summed E-state index contributed by atoms with van der Waals surface area (Å²) in [6.45, 7) is 5.91. The van der Waals surface area contributed by atoms with E-state index in [1.165, 1.54) is 7.11 Å². The summed E-state index contributed by atoms with van der Waals surface area (Å²) in [6.07, 6.45) is -2.54. The quantitative estimate of drug-likeness (QED) is 0.682. The lowest BCUT2D eigenvalue weighted by molar-refractivity contribution is -0.279. The van der Waals surface area contributed by atoms with Crippen molar-refractivity contribution in [1.29, 1.82) is 0 Å². The summed E-state index contributed by atoms with van der Waals surface area (Å²) in [6, 6.07) is 0. The summed E-state index contributed by atoms with van der Waals surface area (Å²) >= 11 is 0. The van der Waals surface area contributed by atoms with Crippen molar-refractivity contribution in [3.05, 3.63) is 0 Å². The van der Waals surface area contributed by atoms with E-state index in [4.69, 9.17) is 9.47 Å². The standard InChI is InChI=1S/C10H20O4/c1-5(2)7-6(3)14-10(13-4)9(12)8(7)11/h5-12H,1-4H3/t6?,7-,8?,9?,10+/m1/s1. The second-order valence-electron chi connectivity index (χ2n) is 4.25. The number of aliphatic hydroxyl groups is 2. The van der Waals surface area contributed by atoms with Crippen molar-refractivity contribution in [2.75, 3.05) is 7.11 Å². The monoisotopic (exact) mass is 204 g/mol. The molecule has 5 atom stereocenters. The van der Waals surface area contributed by atoms with Gasteiger partial charge in [0, 0.05) is 13.0 Å². The van der Waals surface area contributed by atoms with Crippen LogP contribution in [-0.2, 0) is 9.47 Å². The molecule has 0 aromatic heterocycles. The Hall–Kier alpha value is -0.160. The highest BCUT2D eigenvalue weighted by molar-refractivity contribution is 4.88. The number of hydrogen-bond acceptors (Lipinski definition) is 4. The fourth-order valence-electron chi connectivity index (χ4n) is 2.18. The van der Waals surface area contributed by atoms with Gasteiger partial charge in [0.1, 0.15) is 6.10 Å². The van der Waals surface area contributed by atoms with Crippen LogP contribution in [0.1, 0.15) is 20.8 Å². The van der Waals surface area contributed by atoms with E-state index in [1.807, 2.05) is 20.8 Å². The molecule has 0 aromatic carbocycles. The van der Waals surface area contributed by atoms with Gasteiger partial charge in [-0.1, -0.05) is 13.8 Å². The Kier molecular flexibility index (Phi) is 3.89. The van der Waals surface area contributed by atoms with Gasteiger partial charge in [-0.3, -0.25) is 0 Å². The number of rotatable bonds is 2. The summed E-state index contributed by atoms with van der Waals surface area (Å²) in [5, 5.41) is 19.5. The number of ether oxygens (including phenoxy) is 2. The summed E-state index contributed by atoms with van der Waals surface area (Å²) in [4.78, 5) is 0. The van der Waals surface area contributed by atoms with Crippen molar-refractivity contribution in [3.63, 3.8) is 0 Å². The molecule has 0 bridgehead atoms. The predicted octanol–water partition coefficient (Wildman–Crippen LogP) is 0.372. The SMILES string of the molecule is CO[C@H]1OC(C)[C@@H](C(C)C)C(O)C1O. The lowest BCUT2D eigenvalue weighted by atomic mass is 9.81. The summed E-state index contributed by atoms with van der Waals surface area (Å²) < 4.78 is 10.4. The first-order valence-corrected chi connectivity index (χ1v) is 5.03. The third kappa shape index (κ3) is 2.08. The van der Waals surface area contributed by atoms with Gasteiger partial charge in [0.15, 0.2) is 6.29 Å². The van der Waals surface area contributed by atoms with Gasteiger partial charge in [0.2, 0.25) is 0 Å². The largest absolute Gasteiger partial charge is 0.390 e. The normalized spacial score (nSPS) is 44.4. The zero-order valence-electron chi connectivity index (χ0n) is 9.18. The van der Waals surface area contributed by atoms with Gasteiger partial charge in [-0.25, -0.2) is 0 Å². The van der Waals surface area contributed by atoms with Gasteiger partial charge in [0.25, 0.3) is 0 Å². The Morgan fingerprint density at radius 2 is 1.79 bits per heavy atom. The van der Waals surface area contributed by atoms with E-state index < -0.39 is 18.5 Å². The van der Waals surface area contributed by atoms with Crippen molar-refractivity contribution >= 4 is 0 Å². The Morgan fingerprint density at radius 3 is 2.21 bits per heavy atom. The first kappa shape index (κ1) is 11.9. The first-order chi connectivity index (χ1) is 6.49. The molecule has 1 heterocycles. The maximum absolute atomic E-state index is 9.87. The molecule has 0 amide bonds. The third-order valence-electron chi connectivity index (χ3n) is 2.92. The zero-order chi connectivity index (χ0) is 10.9. The van der Waals surface area contributed by atoms with Gasteiger partial charge in [0.05, 0.1) is 12.2 Å². The van der Waals surface area contributed by atoms with Crippen molar-refractivity contribution < 1.29 is 19.7 Å². The third-order valence-corrected chi connectivity index (χ3v) is 2.92. The molecule has 0 radical (unpaired) electrons. The van der Waals surface area contributed by atoms with Crippen LogP contribution >= 0.6 is 0 Å². The van der Waals surface area contributed by atoms with Gasteiger partial charge >= 0.3 is 0 Å². The molecule has 1 aliphatic heterocycles. The Balaban J connectivity index is 2.74. The van der Waals surface area contributed by atoms with E-state index in [0.29, 0.717) is 0 Å². The molecule has 84 valence electrons. The highest BCUT2D eigenvalue weighted by atomic mass is 16.7. The second-order valence-corrected chi connectivity index (χ2v) is 4.25. The lowest BCUT2D eigenvalue weighted by Crippen LogP contribution is -2.55. The fourth-order valence-corrected chi connectivity index (χ4v) is 2.18. The minimum Gasteiger partial charge on any atom is -0.390 e. The van der Waals surface area contributed by atoms with Crippen LogP contribution in [0.15, 0.2) is 0 Å². The van der Waals surface area contributed by atoms with Crippen LogP contribution in [0.2, 0.25) is 0 Å². The number of hydrogen-bond donors (Lipinski definition) is 2. The van der Waals surface area contributed by atoms with Crippen molar-refractivity contribution in [2.24, 2.45) is 11.8 Å². The number of methoxy groups -OCH3 is 1. The van der Waals surface area contributed by atoms with E-state index in [-0.39, 0.29) is 17.9 Å². The lowest BCUT2D eigenvalue weighted by Gasteiger charge is -2.42. The molecule has 4 nitrogen and oxygen atoms in total. The molecule has 14 heavy (non-hydrogen) atoms. The average Bonchev–Trinajstić information content (AvgIpc) is 2.10. The van der Waals surface area contributed by atoms with Crippen molar-refractivity contribution in [1.82, 2.24) is 0 Å². The van der Waals surface area contributed by atoms with Gasteiger partial charge in [-0.2, -0.15) is 0 Å². The van der Waals surface area contributed by atoms with Crippen LogP contribution in [-0.4, -0.2) is 41.9 Å². The minimum absolute atomic E-state index is 0.0450. The molecule has 1 fully saturated rings. The van der Waals surface area contributed by atoms with Crippen LogP contribution in [0.3, 0.4) is 0 Å². The molecular formula is C10H20O4. The molecular weight excluding hydrogens is 184 g/mol. The molecule has 1 aliphatic rings. The second kappa shape index (κ2) is 4.57. The molecule has 3 unspecified atom stereocenters. The molecule has 2 N–H and O–H groups in total. The molecule has 0 aromatic rings. The Bertz CT molecular complexity index is 183. The van der Waals surface area contributed by atoms with Gasteiger partial charge in [-0.15, -0.1) is 0 Å². The average molecular weight is 204 g/mol. The Labute approximate surface area is 84.8 Å². The van der Waals surface area contributed by atoms with Crippen LogP contribution in [0, 0.1) is 11.8 Å². The van der Waals surface area contributed by atoms with Crippen LogP contribution in [0.5, 0.6) is 0 Å². The molecule has 0 aliphatic carbocycles. The van der Waals surface area contributed by atoms with E-state index in [9.17, 15) is 10.2 Å². The molecule has 1 rings (SSSR count). The van der Waals surface area contributed by atoms with E-state index in [0.717, 1.165) is 0 Å². The fraction of sp³-hybridized carbons (Fsp3) is 1.00. The first-order valence-electron chi connectivity index (χ1n) is 5.03. The number of aliphatic hydroxyl groups excluding tert-OH is 2. The smallest absolute Gasteiger partial charge is 0.185 e. The molecule has 0 spiro atoms. The van der Waals surface area contributed by atoms with Crippen LogP contribution in [0.25, 0.3) is 0 Å². The van der Waals surface area contributed by atoms with E-state index in [1.54, 1.807) is 0 Å². The summed E-state index contributed by atoms with van der Waals surface area (Å²) in [7, 11) is 1.46. The zero-order valence-corrected chi connectivity index (χ0v) is 9.18. The molecule has 0 saturated carbocycles. The summed E-state index contributed by atoms with van der Waals surface area (Å²) in [5.41, 5.74) is 0. The Morgan fingerprint density at radius 1 is 1.21 bits per heavy atom. The van der Waals surface area contributed by atoms with E-state index in [2.05, 4.69) is 0 Å². The maximum atomic E-state index is 9.87. The van der Waals surface area contributed by atoms with E-state index >= 15 is 0 Å². The minimum atomic E-state index is -0.955. The van der Waals surface area contributed by atoms with Crippen molar-refractivity contribution in [3.8, 4) is 0 Å². The maximum Gasteiger partial charge on any atom is 0.185 e. The highest BCUT2D eigenvalue weighted by Gasteiger charge is 2.43. The van der Waals surface area contributed by atoms with Crippen LogP contribution in [0.4, 0.5) is 0 Å². The predicted molar refractivity (Wildman–Crippen MR) is 51.7 cm³/mol. The topological polar surface area (TPSA) is 58.9 Å². The van der Waals surface area contributed by atoms with Crippen LogP contribution < -0.4 is 0 Å². The molecule has 4 heteroatoms. The highest BCUT2D eigenvalue weighted by Crippen LogP contribution is 2.31. The van der Waals surface area contributed by atoms with Crippen molar-refractivity contribution in [2.45, 2.75) is 45.4 Å². The summed E-state index contributed by atoms with van der Waals surface area (Å²) in [5.74, 6) is 0.226. The van der Waals surface area contributed by atoms with Gasteiger partial charge in [-0.05, 0) is 12.8 Å². The molecule has 1 saturated heterocycles. The van der Waals surface area contributed by atoms with Gasteiger partial charge < -0.3 is 19.7 Å².